The number of carbonyl (C=O) groups excluding carboxylic acids is 2. The van der Waals surface area contributed by atoms with Gasteiger partial charge in [-0.25, -0.2) is 0 Å². The van der Waals surface area contributed by atoms with Gasteiger partial charge < -0.3 is 10.1 Å². The predicted octanol–water partition coefficient (Wildman–Crippen LogP) is 4.05. The first-order valence-electron chi connectivity index (χ1n) is 9.34. The average Bonchev–Trinajstić information content (AvgIpc) is 3.18. The minimum absolute atomic E-state index is 0.247. The average molecular weight is 386 g/mol. The van der Waals surface area contributed by atoms with Gasteiger partial charge in [0.25, 0.3) is 5.91 Å². The smallest absolute Gasteiger partial charge is 0.317 e. The van der Waals surface area contributed by atoms with E-state index < -0.39 is 5.41 Å². The van der Waals surface area contributed by atoms with Crippen LogP contribution in [0.15, 0.2) is 54.6 Å². The Morgan fingerprint density at radius 2 is 1.67 bits per heavy atom. The number of benzene rings is 2. The molecule has 1 aliphatic carbocycles. The third kappa shape index (κ3) is 4.89. The molecule has 0 unspecified atom stereocenters. The fraction of sp³-hybridized carbons (Fsp3) is 0.364. The van der Waals surface area contributed by atoms with Gasteiger partial charge in [0.2, 0.25) is 0 Å². The topological polar surface area (TPSA) is 55.4 Å². The Labute approximate surface area is 164 Å². The summed E-state index contributed by atoms with van der Waals surface area (Å²) in [5.41, 5.74) is 1.41. The van der Waals surface area contributed by atoms with Crippen molar-refractivity contribution in [2.24, 2.45) is 0 Å². The van der Waals surface area contributed by atoms with Gasteiger partial charge in [0.05, 0.1) is 5.41 Å². The zero-order valence-corrected chi connectivity index (χ0v) is 16.0. The third-order valence-corrected chi connectivity index (χ3v) is 5.41. The van der Waals surface area contributed by atoms with E-state index in [2.05, 4.69) is 5.32 Å². The Hall–Kier alpha value is -2.33. The number of hydrogen-bond donors (Lipinski definition) is 1. The largest absolute Gasteiger partial charge is 0.455 e. The van der Waals surface area contributed by atoms with Crippen LogP contribution in [0.2, 0.25) is 5.02 Å². The standard InChI is InChI=1S/C22H24ClNO3/c23-19-10-8-18(9-11-19)22(13-4-5-14-22)21(26)27-16-20(25)24-15-12-17-6-2-1-3-7-17/h1-3,6-11H,4-5,12-16H2,(H,24,25). The SMILES string of the molecule is O=C(COC(=O)C1(c2ccc(Cl)cc2)CCCC1)NCCc1ccccc1. The second-order valence-electron chi connectivity index (χ2n) is 6.96. The first kappa shape index (κ1) is 19.4. The van der Waals surface area contributed by atoms with Crippen LogP contribution in [0.3, 0.4) is 0 Å². The van der Waals surface area contributed by atoms with Crippen molar-refractivity contribution < 1.29 is 14.3 Å². The van der Waals surface area contributed by atoms with Gasteiger partial charge >= 0.3 is 5.97 Å². The van der Waals surface area contributed by atoms with Gasteiger partial charge in [-0.1, -0.05) is 66.9 Å². The monoisotopic (exact) mass is 385 g/mol. The Bertz CT molecular complexity index is 768. The summed E-state index contributed by atoms with van der Waals surface area (Å²) in [6.45, 7) is 0.270. The van der Waals surface area contributed by atoms with E-state index in [1.165, 1.54) is 0 Å². The summed E-state index contributed by atoms with van der Waals surface area (Å²) in [5, 5.41) is 3.44. The number of halogens is 1. The van der Waals surface area contributed by atoms with Crippen LogP contribution in [0.1, 0.15) is 36.8 Å². The molecule has 0 bridgehead atoms. The molecule has 0 heterocycles. The van der Waals surface area contributed by atoms with Gasteiger partial charge in [-0.3, -0.25) is 9.59 Å². The van der Waals surface area contributed by atoms with E-state index in [0.29, 0.717) is 11.6 Å². The van der Waals surface area contributed by atoms with Crippen molar-refractivity contribution in [1.29, 1.82) is 0 Å². The van der Waals surface area contributed by atoms with Crippen molar-refractivity contribution in [1.82, 2.24) is 5.32 Å². The number of carbonyl (C=O) groups is 2. The van der Waals surface area contributed by atoms with E-state index in [4.69, 9.17) is 16.3 Å². The van der Waals surface area contributed by atoms with E-state index in [9.17, 15) is 9.59 Å². The highest BCUT2D eigenvalue weighted by atomic mass is 35.5. The molecule has 1 N–H and O–H groups in total. The summed E-state index contributed by atoms with van der Waals surface area (Å²) >= 11 is 5.97. The zero-order valence-electron chi connectivity index (χ0n) is 15.2. The molecule has 4 nitrogen and oxygen atoms in total. The highest BCUT2D eigenvalue weighted by Gasteiger charge is 2.44. The van der Waals surface area contributed by atoms with Crippen LogP contribution >= 0.6 is 11.6 Å². The van der Waals surface area contributed by atoms with Gasteiger partial charge in [0.15, 0.2) is 6.61 Å². The van der Waals surface area contributed by atoms with Crippen molar-refractivity contribution in [3.8, 4) is 0 Å². The van der Waals surface area contributed by atoms with Crippen molar-refractivity contribution >= 4 is 23.5 Å². The Balaban J connectivity index is 1.52. The molecule has 142 valence electrons. The molecule has 0 aromatic heterocycles. The molecule has 1 saturated carbocycles. The summed E-state index contributed by atoms with van der Waals surface area (Å²) in [7, 11) is 0. The van der Waals surface area contributed by atoms with Gasteiger partial charge in [-0.2, -0.15) is 0 Å². The third-order valence-electron chi connectivity index (χ3n) is 5.16. The minimum atomic E-state index is -0.658. The molecule has 3 rings (SSSR count). The number of ether oxygens (including phenoxy) is 1. The highest BCUT2D eigenvalue weighted by Crippen LogP contribution is 2.42. The molecule has 0 radical (unpaired) electrons. The molecule has 1 amide bonds. The molecule has 2 aromatic carbocycles. The Morgan fingerprint density at radius 3 is 2.33 bits per heavy atom. The molecular formula is C22H24ClNO3. The lowest BCUT2D eigenvalue weighted by Gasteiger charge is -2.27. The summed E-state index contributed by atoms with van der Waals surface area (Å²) in [6, 6.07) is 17.3. The molecule has 1 aliphatic rings. The molecule has 1 fully saturated rings. The molecular weight excluding hydrogens is 362 g/mol. The quantitative estimate of drug-likeness (QED) is 0.731. The summed E-state index contributed by atoms with van der Waals surface area (Å²) in [6.07, 6.45) is 4.17. The van der Waals surface area contributed by atoms with E-state index in [1.54, 1.807) is 12.1 Å². The van der Waals surface area contributed by atoms with Crippen LogP contribution in [-0.2, 0) is 26.2 Å². The Morgan fingerprint density at radius 1 is 1.00 bits per heavy atom. The molecule has 5 heteroatoms. The van der Waals surface area contributed by atoms with Crippen LogP contribution in [0.25, 0.3) is 0 Å². The predicted molar refractivity (Wildman–Crippen MR) is 106 cm³/mol. The first-order valence-corrected chi connectivity index (χ1v) is 9.72. The molecule has 0 spiro atoms. The number of rotatable bonds is 7. The fourth-order valence-corrected chi connectivity index (χ4v) is 3.80. The second-order valence-corrected chi connectivity index (χ2v) is 7.39. The Kier molecular flexibility index (Phi) is 6.51. The number of hydrogen-bond acceptors (Lipinski definition) is 3. The van der Waals surface area contributed by atoms with Gasteiger partial charge in [0, 0.05) is 11.6 Å². The first-order chi connectivity index (χ1) is 13.1. The number of esters is 1. The molecule has 2 aromatic rings. The zero-order chi connectivity index (χ0) is 19.1. The molecule has 0 saturated heterocycles. The van der Waals surface area contributed by atoms with Crippen molar-refractivity contribution in [2.45, 2.75) is 37.5 Å². The fourth-order valence-electron chi connectivity index (χ4n) is 3.67. The lowest BCUT2D eigenvalue weighted by Crippen LogP contribution is -2.38. The summed E-state index contributed by atoms with van der Waals surface area (Å²) in [5.74, 6) is -0.593. The van der Waals surface area contributed by atoms with Crippen molar-refractivity contribution in [2.75, 3.05) is 13.2 Å². The van der Waals surface area contributed by atoms with E-state index in [0.717, 1.165) is 43.2 Å². The van der Waals surface area contributed by atoms with Crippen molar-refractivity contribution in [3.05, 3.63) is 70.7 Å². The van der Waals surface area contributed by atoms with Gasteiger partial charge in [0.1, 0.15) is 0 Å². The van der Waals surface area contributed by atoms with Crippen LogP contribution < -0.4 is 5.32 Å². The summed E-state index contributed by atoms with van der Waals surface area (Å²) in [4.78, 5) is 24.8. The van der Waals surface area contributed by atoms with Crippen LogP contribution in [0, 0.1) is 0 Å². The number of amides is 1. The summed E-state index contributed by atoms with van der Waals surface area (Å²) < 4.78 is 5.39. The lowest BCUT2D eigenvalue weighted by atomic mass is 9.79. The van der Waals surface area contributed by atoms with Gasteiger partial charge in [-0.05, 0) is 42.5 Å². The molecule has 27 heavy (non-hydrogen) atoms. The normalized spacial score (nSPS) is 15.3. The highest BCUT2D eigenvalue weighted by molar-refractivity contribution is 6.30. The maximum absolute atomic E-state index is 12.8. The van der Waals surface area contributed by atoms with E-state index >= 15 is 0 Å². The minimum Gasteiger partial charge on any atom is -0.455 e. The molecule has 0 atom stereocenters. The van der Waals surface area contributed by atoms with Crippen LogP contribution in [0.4, 0.5) is 0 Å². The van der Waals surface area contributed by atoms with Gasteiger partial charge in [-0.15, -0.1) is 0 Å². The maximum Gasteiger partial charge on any atom is 0.317 e. The van der Waals surface area contributed by atoms with Crippen molar-refractivity contribution in [3.63, 3.8) is 0 Å². The van der Waals surface area contributed by atoms with E-state index in [-0.39, 0.29) is 18.5 Å². The number of nitrogens with one attached hydrogen (secondary N) is 1. The molecule has 0 aliphatic heterocycles. The van der Waals surface area contributed by atoms with E-state index in [1.807, 2.05) is 42.5 Å². The maximum atomic E-state index is 12.8. The lowest BCUT2D eigenvalue weighted by molar-refractivity contribution is -0.154. The van der Waals surface area contributed by atoms with Crippen LogP contribution in [0.5, 0.6) is 0 Å². The second kappa shape index (κ2) is 9.05. The van der Waals surface area contributed by atoms with Crippen LogP contribution in [-0.4, -0.2) is 25.0 Å².